The van der Waals surface area contributed by atoms with Crippen LogP contribution in [-0.4, -0.2) is 13.1 Å². The number of benzene rings is 2. The van der Waals surface area contributed by atoms with Gasteiger partial charge in [-0.3, -0.25) is 0 Å². The van der Waals surface area contributed by atoms with Gasteiger partial charge in [0.2, 0.25) is 0 Å². The Bertz CT molecular complexity index is 575. The van der Waals surface area contributed by atoms with E-state index >= 15 is 0 Å². The minimum absolute atomic E-state index is 0.216. The zero-order chi connectivity index (χ0) is 13.9. The van der Waals surface area contributed by atoms with Crippen LogP contribution in [0, 0.1) is 5.82 Å². The van der Waals surface area contributed by atoms with E-state index in [2.05, 4.69) is 35.2 Å². The first kappa shape index (κ1) is 13.0. The fraction of sp³-hybridized carbons (Fsp3) is 0.294. The molecule has 2 N–H and O–H groups in total. The van der Waals surface area contributed by atoms with Crippen molar-refractivity contribution in [1.29, 1.82) is 0 Å². The molecule has 0 saturated carbocycles. The van der Waals surface area contributed by atoms with Gasteiger partial charge >= 0.3 is 0 Å². The molecule has 2 aromatic carbocycles. The van der Waals surface area contributed by atoms with Crippen molar-refractivity contribution in [3.8, 4) is 0 Å². The highest BCUT2D eigenvalue weighted by molar-refractivity contribution is 5.54. The summed E-state index contributed by atoms with van der Waals surface area (Å²) in [6.07, 6.45) is 2.21. The monoisotopic (exact) mass is 270 g/mol. The van der Waals surface area contributed by atoms with E-state index in [9.17, 15) is 4.39 Å². The topological polar surface area (TPSA) is 29.3 Å². The van der Waals surface area contributed by atoms with E-state index in [4.69, 9.17) is 5.73 Å². The summed E-state index contributed by atoms with van der Waals surface area (Å²) in [5.74, 6) is 0.291. The van der Waals surface area contributed by atoms with E-state index in [1.165, 1.54) is 11.6 Å². The van der Waals surface area contributed by atoms with Crippen LogP contribution < -0.4 is 10.6 Å². The van der Waals surface area contributed by atoms with E-state index in [1.54, 1.807) is 6.07 Å². The van der Waals surface area contributed by atoms with Gasteiger partial charge in [-0.1, -0.05) is 30.3 Å². The summed E-state index contributed by atoms with van der Waals surface area (Å²) >= 11 is 0. The smallest absolute Gasteiger partial charge is 0.148 e. The molecule has 0 aliphatic carbocycles. The average Bonchev–Trinajstić information content (AvgIpc) is 2.51. The highest BCUT2D eigenvalue weighted by Crippen LogP contribution is 2.31. The van der Waals surface area contributed by atoms with Gasteiger partial charge in [0.25, 0.3) is 0 Å². The summed E-state index contributed by atoms with van der Waals surface area (Å²) < 4.78 is 13.5. The molecule has 0 unspecified atom stereocenters. The van der Waals surface area contributed by atoms with Gasteiger partial charge in [-0.2, -0.15) is 0 Å². The zero-order valence-electron chi connectivity index (χ0n) is 11.4. The van der Waals surface area contributed by atoms with E-state index in [0.717, 1.165) is 31.6 Å². The molecule has 1 heterocycles. The highest BCUT2D eigenvalue weighted by Gasteiger charge is 2.21. The van der Waals surface area contributed by atoms with Crippen molar-refractivity contribution >= 4 is 11.4 Å². The zero-order valence-corrected chi connectivity index (χ0v) is 11.4. The number of nitrogens with zero attached hydrogens (tertiary/aromatic N) is 1. The fourth-order valence-corrected chi connectivity index (χ4v) is 2.91. The molecule has 20 heavy (non-hydrogen) atoms. The Morgan fingerprint density at radius 3 is 2.35 bits per heavy atom. The largest absolute Gasteiger partial charge is 0.396 e. The minimum atomic E-state index is -0.326. The summed E-state index contributed by atoms with van der Waals surface area (Å²) in [5, 5.41) is 0. The maximum Gasteiger partial charge on any atom is 0.148 e. The fourth-order valence-electron chi connectivity index (χ4n) is 2.91. The Hall–Kier alpha value is -2.03. The van der Waals surface area contributed by atoms with Crippen LogP contribution in [0.4, 0.5) is 15.8 Å². The first-order valence-corrected chi connectivity index (χ1v) is 7.09. The average molecular weight is 270 g/mol. The lowest BCUT2D eigenvalue weighted by atomic mass is 9.89. The summed E-state index contributed by atoms with van der Waals surface area (Å²) in [5.41, 5.74) is 8.08. The third-order valence-corrected chi connectivity index (χ3v) is 4.12. The van der Waals surface area contributed by atoms with Crippen LogP contribution in [0.3, 0.4) is 0 Å². The lowest BCUT2D eigenvalue weighted by molar-refractivity contribution is 0.504. The number of hydrogen-bond donors (Lipinski definition) is 1. The predicted octanol–water partition coefficient (Wildman–Crippen LogP) is 3.79. The third kappa shape index (κ3) is 2.62. The standard InChI is InChI=1S/C17H19FN2/c18-16-12-15(6-7-17(16)19)20-10-8-14(9-11-20)13-4-2-1-3-5-13/h1-7,12,14H,8-11,19H2. The van der Waals surface area contributed by atoms with Gasteiger partial charge in [0.05, 0.1) is 5.69 Å². The maximum absolute atomic E-state index is 13.5. The van der Waals surface area contributed by atoms with Gasteiger partial charge in [-0.25, -0.2) is 4.39 Å². The quantitative estimate of drug-likeness (QED) is 0.841. The van der Waals surface area contributed by atoms with E-state index in [0.29, 0.717) is 5.92 Å². The normalized spacial score (nSPS) is 16.4. The van der Waals surface area contributed by atoms with Gasteiger partial charge in [0.15, 0.2) is 0 Å². The number of hydrogen-bond acceptors (Lipinski definition) is 2. The van der Waals surface area contributed by atoms with E-state index in [1.807, 2.05) is 6.07 Å². The summed E-state index contributed by atoms with van der Waals surface area (Å²) in [4.78, 5) is 2.24. The van der Waals surface area contributed by atoms with Crippen LogP contribution in [0.15, 0.2) is 48.5 Å². The maximum atomic E-state index is 13.5. The second-order valence-corrected chi connectivity index (χ2v) is 5.38. The molecule has 0 amide bonds. The molecule has 0 spiro atoms. The second kappa shape index (κ2) is 5.53. The molecule has 0 aromatic heterocycles. The lowest BCUT2D eigenvalue weighted by Crippen LogP contribution is -2.32. The third-order valence-electron chi connectivity index (χ3n) is 4.12. The van der Waals surface area contributed by atoms with Gasteiger partial charge in [0, 0.05) is 18.8 Å². The molecular formula is C17H19FN2. The lowest BCUT2D eigenvalue weighted by Gasteiger charge is -2.34. The number of rotatable bonds is 2. The Morgan fingerprint density at radius 1 is 1.00 bits per heavy atom. The molecule has 104 valence electrons. The van der Waals surface area contributed by atoms with Crippen molar-refractivity contribution in [3.05, 3.63) is 59.9 Å². The first-order chi connectivity index (χ1) is 9.74. The van der Waals surface area contributed by atoms with Gasteiger partial charge in [-0.05, 0) is 42.5 Å². The molecule has 1 aliphatic heterocycles. The Morgan fingerprint density at radius 2 is 1.70 bits per heavy atom. The van der Waals surface area contributed by atoms with Crippen LogP contribution >= 0.6 is 0 Å². The summed E-state index contributed by atoms with van der Waals surface area (Å²) in [7, 11) is 0. The number of anilines is 2. The molecule has 1 fully saturated rings. The van der Waals surface area contributed by atoms with E-state index < -0.39 is 0 Å². The molecule has 1 saturated heterocycles. The molecular weight excluding hydrogens is 251 g/mol. The number of halogens is 1. The SMILES string of the molecule is Nc1ccc(N2CCC(c3ccccc3)CC2)cc1F. The molecule has 0 bridgehead atoms. The van der Waals surface area contributed by atoms with Crippen molar-refractivity contribution in [2.45, 2.75) is 18.8 Å². The molecule has 0 atom stereocenters. The van der Waals surface area contributed by atoms with Crippen LogP contribution in [0.1, 0.15) is 24.3 Å². The molecule has 0 radical (unpaired) electrons. The van der Waals surface area contributed by atoms with Gasteiger partial charge < -0.3 is 10.6 Å². The number of nitrogen functional groups attached to an aromatic ring is 1. The van der Waals surface area contributed by atoms with Crippen molar-refractivity contribution in [3.63, 3.8) is 0 Å². The van der Waals surface area contributed by atoms with Crippen molar-refractivity contribution in [1.82, 2.24) is 0 Å². The van der Waals surface area contributed by atoms with E-state index in [-0.39, 0.29) is 11.5 Å². The summed E-state index contributed by atoms with van der Waals surface area (Å²) in [6.45, 7) is 1.92. The van der Waals surface area contributed by atoms with Crippen LogP contribution in [0.25, 0.3) is 0 Å². The molecule has 2 aromatic rings. The summed E-state index contributed by atoms with van der Waals surface area (Å²) in [6, 6.07) is 15.7. The van der Waals surface area contributed by atoms with Crippen LogP contribution in [-0.2, 0) is 0 Å². The highest BCUT2D eigenvalue weighted by atomic mass is 19.1. The van der Waals surface area contributed by atoms with Crippen LogP contribution in [0.2, 0.25) is 0 Å². The van der Waals surface area contributed by atoms with Crippen LogP contribution in [0.5, 0.6) is 0 Å². The van der Waals surface area contributed by atoms with Gasteiger partial charge in [0.1, 0.15) is 5.82 Å². The second-order valence-electron chi connectivity index (χ2n) is 5.38. The minimum Gasteiger partial charge on any atom is -0.396 e. The Balaban J connectivity index is 1.68. The number of piperidine rings is 1. The Labute approximate surface area is 119 Å². The molecule has 1 aliphatic rings. The van der Waals surface area contributed by atoms with Crippen molar-refractivity contribution < 1.29 is 4.39 Å². The molecule has 3 heteroatoms. The van der Waals surface area contributed by atoms with Crippen molar-refractivity contribution in [2.24, 2.45) is 0 Å². The molecule has 2 nitrogen and oxygen atoms in total. The molecule has 3 rings (SSSR count). The van der Waals surface area contributed by atoms with Gasteiger partial charge in [-0.15, -0.1) is 0 Å². The number of nitrogens with two attached hydrogens (primary N) is 1. The predicted molar refractivity (Wildman–Crippen MR) is 81.4 cm³/mol. The Kier molecular flexibility index (Phi) is 3.59. The van der Waals surface area contributed by atoms with Crippen molar-refractivity contribution in [2.75, 3.05) is 23.7 Å². The first-order valence-electron chi connectivity index (χ1n) is 7.09.